The van der Waals surface area contributed by atoms with Crippen LogP contribution in [0, 0.1) is 0 Å². The number of methoxy groups -OCH3 is 1. The molecule has 39 heavy (non-hydrogen) atoms. The SMILES string of the molecule is C1COCCO1.COc1ccc(N2C(=O)CC(Sc3nnc(-c4ccccc4)n3-c3ccccc3)C2=O)cc1. The average Bonchev–Trinajstić information content (AvgIpc) is 3.55. The monoisotopic (exact) mass is 544 g/mol. The summed E-state index contributed by atoms with van der Waals surface area (Å²) in [6.07, 6.45) is 0.0951. The van der Waals surface area contributed by atoms with Crippen molar-refractivity contribution in [2.24, 2.45) is 0 Å². The normalized spacial score (nSPS) is 17.1. The zero-order valence-corrected chi connectivity index (χ0v) is 22.3. The van der Waals surface area contributed by atoms with Crippen molar-refractivity contribution < 1.29 is 23.8 Å². The molecule has 0 saturated carbocycles. The maximum atomic E-state index is 13.2. The van der Waals surface area contributed by atoms with E-state index in [4.69, 9.17) is 14.2 Å². The number of carbonyl (C=O) groups is 2. The lowest BCUT2D eigenvalue weighted by molar-refractivity contribution is -0.121. The number of anilines is 1. The van der Waals surface area contributed by atoms with E-state index >= 15 is 0 Å². The third-order valence-electron chi connectivity index (χ3n) is 6.11. The van der Waals surface area contributed by atoms with Gasteiger partial charge in [-0.2, -0.15) is 0 Å². The number of para-hydroxylation sites is 1. The molecule has 3 aromatic carbocycles. The second-order valence-electron chi connectivity index (χ2n) is 8.64. The number of benzene rings is 3. The van der Waals surface area contributed by atoms with Crippen LogP contribution >= 0.6 is 11.8 Å². The quantitative estimate of drug-likeness (QED) is 0.330. The molecule has 0 aliphatic carbocycles. The van der Waals surface area contributed by atoms with E-state index in [1.54, 1.807) is 31.4 Å². The molecular weight excluding hydrogens is 516 g/mol. The van der Waals surface area contributed by atoms with E-state index in [0.29, 0.717) is 22.4 Å². The highest BCUT2D eigenvalue weighted by atomic mass is 32.2. The fourth-order valence-electron chi connectivity index (χ4n) is 4.20. The smallest absolute Gasteiger partial charge is 0.247 e. The van der Waals surface area contributed by atoms with Crippen molar-refractivity contribution in [3.63, 3.8) is 0 Å². The highest BCUT2D eigenvalue weighted by molar-refractivity contribution is 8.00. The topological polar surface area (TPSA) is 95.8 Å². The van der Waals surface area contributed by atoms with Crippen molar-refractivity contribution >= 4 is 29.3 Å². The van der Waals surface area contributed by atoms with Crippen LogP contribution in [0.2, 0.25) is 0 Å². The zero-order chi connectivity index (χ0) is 27.0. The number of hydrogen-bond acceptors (Lipinski definition) is 8. The van der Waals surface area contributed by atoms with Crippen LogP contribution in [0.4, 0.5) is 5.69 Å². The standard InChI is InChI=1S/C25H20N4O3S.C4H8O2/c1-32-20-14-12-19(13-15-20)28-22(30)16-21(24(28)31)33-25-27-26-23(17-8-4-2-5-9-17)29(25)18-10-6-3-7-11-18;1-2-6-4-3-5-1/h2-15,21H,16H2,1H3;1-4H2. The first-order chi connectivity index (χ1) is 19.2. The molecule has 1 atom stereocenters. The van der Waals surface area contributed by atoms with Crippen molar-refractivity contribution in [3.05, 3.63) is 84.9 Å². The molecule has 2 aliphatic heterocycles. The van der Waals surface area contributed by atoms with Gasteiger partial charge in [-0.3, -0.25) is 14.2 Å². The zero-order valence-electron chi connectivity index (χ0n) is 21.4. The molecule has 0 spiro atoms. The average molecular weight is 545 g/mol. The molecule has 2 amide bonds. The third kappa shape index (κ3) is 6.19. The summed E-state index contributed by atoms with van der Waals surface area (Å²) >= 11 is 1.26. The molecule has 1 unspecified atom stereocenters. The predicted octanol–water partition coefficient (Wildman–Crippen LogP) is 4.40. The van der Waals surface area contributed by atoms with Crippen LogP contribution in [0.15, 0.2) is 90.1 Å². The Kier molecular flexibility index (Phi) is 8.67. The Morgan fingerprint density at radius 2 is 1.41 bits per heavy atom. The van der Waals surface area contributed by atoms with Crippen LogP contribution in [0.1, 0.15) is 6.42 Å². The van der Waals surface area contributed by atoms with Crippen molar-refractivity contribution in [1.29, 1.82) is 0 Å². The molecule has 1 aromatic heterocycles. The van der Waals surface area contributed by atoms with Crippen LogP contribution in [-0.2, 0) is 19.1 Å². The number of amides is 2. The minimum Gasteiger partial charge on any atom is -0.497 e. The number of carbonyl (C=O) groups excluding carboxylic acids is 2. The Morgan fingerprint density at radius 3 is 2.00 bits per heavy atom. The molecule has 2 aliphatic rings. The highest BCUT2D eigenvalue weighted by Gasteiger charge is 2.41. The first-order valence-corrected chi connectivity index (χ1v) is 13.4. The van der Waals surface area contributed by atoms with Crippen molar-refractivity contribution in [2.45, 2.75) is 16.8 Å². The van der Waals surface area contributed by atoms with Gasteiger partial charge in [-0.1, -0.05) is 60.3 Å². The summed E-state index contributed by atoms with van der Waals surface area (Å²) in [7, 11) is 1.57. The number of aromatic nitrogens is 3. The summed E-state index contributed by atoms with van der Waals surface area (Å²) in [5.41, 5.74) is 2.32. The minimum atomic E-state index is -0.588. The minimum absolute atomic E-state index is 0.0951. The lowest BCUT2D eigenvalue weighted by Gasteiger charge is -2.15. The van der Waals surface area contributed by atoms with E-state index in [1.807, 2.05) is 65.2 Å². The lowest BCUT2D eigenvalue weighted by Crippen LogP contribution is -2.31. The fourth-order valence-corrected chi connectivity index (χ4v) is 5.27. The Labute approximate surface area is 230 Å². The van der Waals surface area contributed by atoms with Gasteiger partial charge in [0, 0.05) is 17.7 Å². The molecule has 4 aromatic rings. The van der Waals surface area contributed by atoms with E-state index in [9.17, 15) is 9.59 Å². The van der Waals surface area contributed by atoms with Gasteiger partial charge in [0.25, 0.3) is 0 Å². The first kappa shape index (κ1) is 26.6. The van der Waals surface area contributed by atoms with Crippen LogP contribution in [0.25, 0.3) is 17.1 Å². The molecule has 3 heterocycles. The molecule has 10 heteroatoms. The Balaban J connectivity index is 0.000000455. The van der Waals surface area contributed by atoms with Gasteiger partial charge < -0.3 is 14.2 Å². The Hall–Kier alpha value is -3.99. The molecule has 9 nitrogen and oxygen atoms in total. The summed E-state index contributed by atoms with van der Waals surface area (Å²) in [6, 6.07) is 26.4. The van der Waals surface area contributed by atoms with Gasteiger partial charge in [-0.25, -0.2) is 4.90 Å². The largest absolute Gasteiger partial charge is 0.497 e. The maximum absolute atomic E-state index is 13.2. The summed E-state index contributed by atoms with van der Waals surface area (Å²) < 4.78 is 17.0. The van der Waals surface area contributed by atoms with Crippen molar-refractivity contribution in [1.82, 2.24) is 14.8 Å². The fraction of sp³-hybridized carbons (Fsp3) is 0.241. The maximum Gasteiger partial charge on any atom is 0.247 e. The van der Waals surface area contributed by atoms with Crippen molar-refractivity contribution in [3.8, 4) is 22.8 Å². The molecule has 200 valence electrons. The number of imide groups is 1. The van der Waals surface area contributed by atoms with Gasteiger partial charge in [0.05, 0.1) is 39.2 Å². The molecule has 0 bridgehead atoms. The van der Waals surface area contributed by atoms with Gasteiger partial charge in [0.2, 0.25) is 11.8 Å². The number of nitrogens with zero attached hydrogens (tertiary/aromatic N) is 4. The number of thioether (sulfide) groups is 1. The summed E-state index contributed by atoms with van der Waals surface area (Å²) in [5, 5.41) is 8.77. The summed E-state index contributed by atoms with van der Waals surface area (Å²) in [5.74, 6) is 0.831. The molecule has 2 fully saturated rings. The van der Waals surface area contributed by atoms with Crippen molar-refractivity contribution in [2.75, 3.05) is 38.4 Å². The van der Waals surface area contributed by atoms with Gasteiger partial charge in [0.15, 0.2) is 11.0 Å². The molecule has 6 rings (SSSR count). The lowest BCUT2D eigenvalue weighted by atomic mass is 10.2. The van der Waals surface area contributed by atoms with Crippen LogP contribution < -0.4 is 9.64 Å². The Bertz CT molecular complexity index is 1380. The predicted molar refractivity (Wildman–Crippen MR) is 148 cm³/mol. The molecular formula is C29H28N4O5S. The number of rotatable bonds is 6. The molecule has 0 N–H and O–H groups in total. The molecule has 0 radical (unpaired) electrons. The van der Waals surface area contributed by atoms with Gasteiger partial charge in [0.1, 0.15) is 11.0 Å². The highest BCUT2D eigenvalue weighted by Crippen LogP contribution is 2.36. The number of ether oxygens (including phenoxy) is 3. The van der Waals surface area contributed by atoms with Crippen LogP contribution in [0.5, 0.6) is 5.75 Å². The summed E-state index contributed by atoms with van der Waals surface area (Å²) in [4.78, 5) is 27.2. The third-order valence-corrected chi connectivity index (χ3v) is 7.24. The second-order valence-corrected chi connectivity index (χ2v) is 9.81. The van der Waals surface area contributed by atoms with E-state index in [1.165, 1.54) is 16.7 Å². The Morgan fingerprint density at radius 1 is 0.795 bits per heavy atom. The van der Waals surface area contributed by atoms with Gasteiger partial charge in [-0.15, -0.1) is 10.2 Å². The number of hydrogen-bond donors (Lipinski definition) is 0. The van der Waals surface area contributed by atoms with Gasteiger partial charge >= 0.3 is 0 Å². The van der Waals surface area contributed by atoms with E-state index in [2.05, 4.69) is 10.2 Å². The van der Waals surface area contributed by atoms with Crippen LogP contribution in [0.3, 0.4) is 0 Å². The van der Waals surface area contributed by atoms with E-state index in [-0.39, 0.29) is 18.2 Å². The van der Waals surface area contributed by atoms with Crippen LogP contribution in [-0.4, -0.2) is 65.4 Å². The van der Waals surface area contributed by atoms with Gasteiger partial charge in [-0.05, 0) is 36.4 Å². The van der Waals surface area contributed by atoms with E-state index < -0.39 is 5.25 Å². The first-order valence-electron chi connectivity index (χ1n) is 12.5. The molecule has 2 saturated heterocycles. The second kappa shape index (κ2) is 12.7. The summed E-state index contributed by atoms with van der Waals surface area (Å²) in [6.45, 7) is 3.11. The van der Waals surface area contributed by atoms with E-state index in [0.717, 1.165) is 37.7 Å².